The monoisotopic (exact) mass is 562 g/mol. The highest BCUT2D eigenvalue weighted by Crippen LogP contribution is 2.55. The SMILES string of the molecule is Cc1cnc([C@H]2C[C@@](CC(C)C)(C(=O)OC(C)(C)C)N(C(=O)c3ccc(C(C)(C)C)cc3)[C@H]2c2nccs2)cn1. The molecule has 1 aromatic carbocycles. The summed E-state index contributed by atoms with van der Waals surface area (Å²) in [5.74, 6) is -0.776. The first-order chi connectivity index (χ1) is 18.6. The van der Waals surface area contributed by atoms with E-state index in [2.05, 4.69) is 44.6 Å². The molecule has 3 heterocycles. The van der Waals surface area contributed by atoms with Gasteiger partial charge in [0.05, 0.1) is 17.4 Å². The zero-order valence-electron chi connectivity index (χ0n) is 25.2. The number of carbonyl (C=O) groups is 2. The molecule has 0 saturated carbocycles. The zero-order valence-corrected chi connectivity index (χ0v) is 26.0. The van der Waals surface area contributed by atoms with E-state index in [1.54, 1.807) is 23.5 Å². The largest absolute Gasteiger partial charge is 0.458 e. The van der Waals surface area contributed by atoms with Crippen LogP contribution in [0, 0.1) is 12.8 Å². The van der Waals surface area contributed by atoms with E-state index in [9.17, 15) is 9.59 Å². The van der Waals surface area contributed by atoms with Crippen molar-refractivity contribution in [2.75, 3.05) is 0 Å². The summed E-state index contributed by atoms with van der Waals surface area (Å²) in [6, 6.07) is 7.24. The predicted molar refractivity (Wildman–Crippen MR) is 158 cm³/mol. The van der Waals surface area contributed by atoms with Crippen LogP contribution in [0.4, 0.5) is 0 Å². The summed E-state index contributed by atoms with van der Waals surface area (Å²) < 4.78 is 6.09. The Kier molecular flexibility index (Phi) is 8.23. The third-order valence-electron chi connectivity index (χ3n) is 7.30. The van der Waals surface area contributed by atoms with Crippen molar-refractivity contribution in [2.45, 2.75) is 104 Å². The third-order valence-corrected chi connectivity index (χ3v) is 8.15. The normalized spacial score (nSPS) is 21.6. The quantitative estimate of drug-likeness (QED) is 0.300. The molecule has 3 atom stereocenters. The highest BCUT2D eigenvalue weighted by molar-refractivity contribution is 7.09. The number of benzene rings is 1. The van der Waals surface area contributed by atoms with Crippen LogP contribution in [0.2, 0.25) is 0 Å². The van der Waals surface area contributed by atoms with Crippen molar-refractivity contribution in [3.05, 3.63) is 75.8 Å². The van der Waals surface area contributed by atoms with Crippen molar-refractivity contribution in [3.63, 3.8) is 0 Å². The Morgan fingerprint density at radius 2 is 1.73 bits per heavy atom. The molecule has 40 heavy (non-hydrogen) atoms. The maximum absolute atomic E-state index is 14.7. The fourth-order valence-corrected chi connectivity index (χ4v) is 6.40. The standard InChI is InChI=1S/C32H42N4O3S/c1-20(2)16-32(29(38)39-31(7,8)9)17-24(25-19-34-21(3)18-35-25)26(27-33-14-15-40-27)36(32)28(37)22-10-12-23(13-11-22)30(4,5)6/h10-15,18-20,24,26H,16-17H2,1-9H3/t24-,26-,32+/m1/s1. The number of likely N-dealkylation sites (tertiary alicyclic amines) is 1. The van der Waals surface area contributed by atoms with E-state index in [0.717, 1.165) is 22.0 Å². The molecule has 3 aromatic rings. The van der Waals surface area contributed by atoms with E-state index in [4.69, 9.17) is 9.72 Å². The lowest BCUT2D eigenvalue weighted by Crippen LogP contribution is -2.56. The maximum Gasteiger partial charge on any atom is 0.332 e. The summed E-state index contributed by atoms with van der Waals surface area (Å²) in [5, 5.41) is 2.67. The molecule has 8 heteroatoms. The molecule has 1 fully saturated rings. The average molecular weight is 563 g/mol. The van der Waals surface area contributed by atoms with Crippen molar-refractivity contribution in [1.29, 1.82) is 0 Å². The van der Waals surface area contributed by atoms with Gasteiger partial charge in [-0.1, -0.05) is 46.8 Å². The van der Waals surface area contributed by atoms with Crippen molar-refractivity contribution in [3.8, 4) is 0 Å². The molecule has 0 bridgehead atoms. The predicted octanol–water partition coefficient (Wildman–Crippen LogP) is 7.04. The van der Waals surface area contributed by atoms with E-state index in [1.165, 1.54) is 11.3 Å². The fourth-order valence-electron chi connectivity index (χ4n) is 5.61. The van der Waals surface area contributed by atoms with Gasteiger partial charge in [-0.3, -0.25) is 14.8 Å². The summed E-state index contributed by atoms with van der Waals surface area (Å²) in [6.45, 7) is 18.1. The summed E-state index contributed by atoms with van der Waals surface area (Å²) in [5.41, 5.74) is 1.22. The van der Waals surface area contributed by atoms with Crippen LogP contribution in [0.3, 0.4) is 0 Å². The van der Waals surface area contributed by atoms with E-state index in [-0.39, 0.29) is 23.2 Å². The van der Waals surface area contributed by atoms with Gasteiger partial charge in [0.2, 0.25) is 0 Å². The number of rotatable bonds is 6. The minimum Gasteiger partial charge on any atom is -0.458 e. The summed E-state index contributed by atoms with van der Waals surface area (Å²) in [6.07, 6.45) is 6.07. The van der Waals surface area contributed by atoms with Crippen molar-refractivity contribution < 1.29 is 14.3 Å². The molecule has 7 nitrogen and oxygen atoms in total. The molecular weight excluding hydrogens is 520 g/mol. The Labute approximate surface area is 242 Å². The molecule has 1 saturated heterocycles. The van der Waals surface area contributed by atoms with Crippen LogP contribution >= 0.6 is 11.3 Å². The van der Waals surface area contributed by atoms with Gasteiger partial charge < -0.3 is 9.64 Å². The first-order valence-corrected chi connectivity index (χ1v) is 14.9. The number of amides is 1. The molecule has 0 aliphatic carbocycles. The number of nitrogens with zero attached hydrogens (tertiary/aromatic N) is 4. The second kappa shape index (κ2) is 11.0. The first-order valence-electron chi connectivity index (χ1n) is 14.0. The molecule has 1 amide bonds. The van der Waals surface area contributed by atoms with Gasteiger partial charge in [-0.2, -0.15) is 0 Å². The fraction of sp³-hybridized carbons (Fsp3) is 0.531. The summed E-state index contributed by atoms with van der Waals surface area (Å²) >= 11 is 1.48. The summed E-state index contributed by atoms with van der Waals surface area (Å²) in [4.78, 5) is 44.7. The number of aromatic nitrogens is 3. The van der Waals surface area contributed by atoms with Crippen molar-refractivity contribution >= 4 is 23.2 Å². The summed E-state index contributed by atoms with van der Waals surface area (Å²) in [7, 11) is 0. The molecule has 0 spiro atoms. The minimum atomic E-state index is -1.21. The van der Waals surface area contributed by atoms with Gasteiger partial charge in [0.1, 0.15) is 16.1 Å². The van der Waals surface area contributed by atoms with Crippen molar-refractivity contribution in [2.24, 2.45) is 5.92 Å². The maximum atomic E-state index is 14.7. The second-order valence-corrected chi connectivity index (χ2v) is 14.3. The van der Waals surface area contributed by atoms with Crippen LogP contribution in [0.1, 0.15) is 113 Å². The molecule has 0 unspecified atom stereocenters. The third kappa shape index (κ3) is 6.12. The Morgan fingerprint density at radius 3 is 2.23 bits per heavy atom. The number of thiazole rings is 1. The lowest BCUT2D eigenvalue weighted by molar-refractivity contribution is -0.168. The number of carbonyl (C=O) groups excluding carboxylic acids is 2. The van der Waals surface area contributed by atoms with Gasteiger partial charge in [0.25, 0.3) is 5.91 Å². The second-order valence-electron chi connectivity index (χ2n) is 13.3. The zero-order chi connectivity index (χ0) is 29.5. The molecule has 214 valence electrons. The van der Waals surface area contributed by atoms with Crippen LogP contribution in [0.25, 0.3) is 0 Å². The Hall–Kier alpha value is -3.13. The van der Waals surface area contributed by atoms with Gasteiger partial charge in [-0.05, 0) is 69.6 Å². The Bertz CT molecular complexity index is 1320. The first kappa shape index (κ1) is 29.8. The minimum absolute atomic E-state index is 0.0498. The van der Waals surface area contributed by atoms with Gasteiger partial charge in [-0.15, -0.1) is 11.3 Å². The van der Waals surface area contributed by atoms with Crippen LogP contribution < -0.4 is 0 Å². The van der Waals surface area contributed by atoms with E-state index in [1.807, 2.05) is 57.3 Å². The van der Waals surface area contributed by atoms with Crippen molar-refractivity contribution in [1.82, 2.24) is 19.9 Å². The van der Waals surface area contributed by atoms with Gasteiger partial charge >= 0.3 is 5.97 Å². The Morgan fingerprint density at radius 1 is 1.05 bits per heavy atom. The van der Waals surface area contributed by atoms with Crippen LogP contribution in [0.15, 0.2) is 48.2 Å². The lowest BCUT2D eigenvalue weighted by atomic mass is 9.82. The molecule has 0 N–H and O–H groups in total. The van der Waals surface area contributed by atoms with Crippen LogP contribution in [0.5, 0.6) is 0 Å². The molecule has 1 aliphatic heterocycles. The molecule has 0 radical (unpaired) electrons. The topological polar surface area (TPSA) is 85.3 Å². The molecule has 1 aliphatic rings. The van der Waals surface area contributed by atoms with Gasteiger partial charge in [0.15, 0.2) is 0 Å². The number of ether oxygens (including phenoxy) is 1. The molecule has 4 rings (SSSR count). The number of aryl methyl sites for hydroxylation is 1. The van der Waals surface area contributed by atoms with E-state index >= 15 is 0 Å². The number of esters is 1. The Balaban J connectivity index is 1.94. The van der Waals surface area contributed by atoms with Gasteiger partial charge in [-0.25, -0.2) is 9.78 Å². The average Bonchev–Trinajstić information content (AvgIpc) is 3.49. The van der Waals surface area contributed by atoms with Gasteiger partial charge in [0, 0.05) is 35.5 Å². The van der Waals surface area contributed by atoms with Crippen LogP contribution in [-0.4, -0.2) is 42.9 Å². The van der Waals surface area contributed by atoms with E-state index in [0.29, 0.717) is 18.4 Å². The lowest BCUT2D eigenvalue weighted by Gasteiger charge is -2.41. The number of hydrogen-bond acceptors (Lipinski definition) is 7. The highest BCUT2D eigenvalue weighted by atomic mass is 32.1. The van der Waals surface area contributed by atoms with Crippen LogP contribution in [-0.2, 0) is 14.9 Å². The smallest absolute Gasteiger partial charge is 0.332 e. The molecule has 2 aromatic heterocycles. The highest BCUT2D eigenvalue weighted by Gasteiger charge is 2.61. The number of hydrogen-bond donors (Lipinski definition) is 0. The van der Waals surface area contributed by atoms with E-state index < -0.39 is 23.2 Å². The molecular formula is C32H42N4O3S.